The second-order valence-electron chi connectivity index (χ2n) is 4.68. The third-order valence-electron chi connectivity index (χ3n) is 3.15. The standard InChI is InChI=1S/C17H15N3O/c21-17(15-7-3-1-4-8-15)18-11-14-12-19-20(13-14)16-9-5-2-6-10-16/h1-10,12-13H,11H2,(H,18,21). The molecule has 0 aliphatic carbocycles. The van der Waals surface area contributed by atoms with Crippen LogP contribution in [0.1, 0.15) is 15.9 Å². The zero-order chi connectivity index (χ0) is 14.5. The van der Waals surface area contributed by atoms with Gasteiger partial charge in [-0.3, -0.25) is 4.79 Å². The third-order valence-corrected chi connectivity index (χ3v) is 3.15. The second-order valence-corrected chi connectivity index (χ2v) is 4.68. The van der Waals surface area contributed by atoms with Gasteiger partial charge in [0.05, 0.1) is 11.9 Å². The highest BCUT2D eigenvalue weighted by atomic mass is 16.1. The number of aromatic nitrogens is 2. The van der Waals surface area contributed by atoms with Gasteiger partial charge < -0.3 is 5.32 Å². The molecule has 0 atom stereocenters. The van der Waals surface area contributed by atoms with E-state index in [0.717, 1.165) is 11.3 Å². The van der Waals surface area contributed by atoms with Crippen molar-refractivity contribution in [1.29, 1.82) is 0 Å². The van der Waals surface area contributed by atoms with Crippen molar-refractivity contribution in [3.8, 4) is 5.69 Å². The molecule has 3 aromatic rings. The van der Waals surface area contributed by atoms with E-state index in [9.17, 15) is 4.79 Å². The van der Waals surface area contributed by atoms with Gasteiger partial charge in [0.1, 0.15) is 0 Å². The van der Waals surface area contributed by atoms with Gasteiger partial charge in [-0.1, -0.05) is 36.4 Å². The van der Waals surface area contributed by atoms with E-state index in [0.29, 0.717) is 12.1 Å². The lowest BCUT2D eigenvalue weighted by Crippen LogP contribution is -2.22. The Morgan fingerprint density at radius 2 is 1.67 bits per heavy atom. The summed E-state index contributed by atoms with van der Waals surface area (Å²) in [4.78, 5) is 12.0. The Morgan fingerprint density at radius 3 is 2.38 bits per heavy atom. The number of hydrogen-bond acceptors (Lipinski definition) is 2. The van der Waals surface area contributed by atoms with Crippen molar-refractivity contribution in [2.24, 2.45) is 0 Å². The molecule has 0 bridgehead atoms. The molecule has 0 fully saturated rings. The lowest BCUT2D eigenvalue weighted by molar-refractivity contribution is 0.0951. The minimum absolute atomic E-state index is 0.0805. The smallest absolute Gasteiger partial charge is 0.251 e. The second kappa shape index (κ2) is 6.05. The highest BCUT2D eigenvalue weighted by Gasteiger charge is 2.05. The Labute approximate surface area is 123 Å². The number of amides is 1. The molecule has 4 heteroatoms. The number of para-hydroxylation sites is 1. The molecule has 104 valence electrons. The topological polar surface area (TPSA) is 46.9 Å². The quantitative estimate of drug-likeness (QED) is 0.797. The Morgan fingerprint density at radius 1 is 1.00 bits per heavy atom. The predicted molar refractivity (Wildman–Crippen MR) is 81.2 cm³/mol. The van der Waals surface area contributed by atoms with Gasteiger partial charge in [-0.2, -0.15) is 5.10 Å². The van der Waals surface area contributed by atoms with Crippen LogP contribution < -0.4 is 5.32 Å². The van der Waals surface area contributed by atoms with Crippen molar-refractivity contribution in [3.63, 3.8) is 0 Å². The maximum Gasteiger partial charge on any atom is 0.251 e. The number of nitrogens with one attached hydrogen (secondary N) is 1. The fraction of sp³-hybridized carbons (Fsp3) is 0.0588. The first kappa shape index (κ1) is 13.1. The minimum atomic E-state index is -0.0805. The van der Waals surface area contributed by atoms with Crippen LogP contribution in [0, 0.1) is 0 Å². The molecule has 3 rings (SSSR count). The van der Waals surface area contributed by atoms with E-state index in [2.05, 4.69) is 10.4 Å². The molecule has 1 heterocycles. The maximum atomic E-state index is 12.0. The third kappa shape index (κ3) is 3.17. The van der Waals surface area contributed by atoms with Crippen LogP contribution in [-0.4, -0.2) is 15.7 Å². The highest BCUT2D eigenvalue weighted by Crippen LogP contribution is 2.07. The summed E-state index contributed by atoms with van der Waals surface area (Å²) in [6.07, 6.45) is 3.68. The van der Waals surface area contributed by atoms with Gasteiger partial charge in [-0.25, -0.2) is 4.68 Å². The summed E-state index contributed by atoms with van der Waals surface area (Å²) < 4.78 is 1.80. The predicted octanol–water partition coefficient (Wildman–Crippen LogP) is 2.80. The Kier molecular flexibility index (Phi) is 3.78. The van der Waals surface area contributed by atoms with Crippen LogP contribution in [0.3, 0.4) is 0 Å². The molecule has 2 aromatic carbocycles. The summed E-state index contributed by atoms with van der Waals surface area (Å²) in [6.45, 7) is 0.459. The Hall–Kier alpha value is -2.88. The van der Waals surface area contributed by atoms with Crippen molar-refractivity contribution in [3.05, 3.63) is 84.2 Å². The Balaban J connectivity index is 1.64. The van der Waals surface area contributed by atoms with E-state index in [1.165, 1.54) is 0 Å². The highest BCUT2D eigenvalue weighted by molar-refractivity contribution is 5.94. The van der Waals surface area contributed by atoms with Crippen LogP contribution in [0.5, 0.6) is 0 Å². The maximum absolute atomic E-state index is 12.0. The van der Waals surface area contributed by atoms with Crippen LogP contribution in [0.4, 0.5) is 0 Å². The Bertz CT molecular complexity index is 720. The first-order valence-corrected chi connectivity index (χ1v) is 6.75. The van der Waals surface area contributed by atoms with Gasteiger partial charge in [-0.05, 0) is 24.3 Å². The number of rotatable bonds is 4. The number of carbonyl (C=O) groups is 1. The average Bonchev–Trinajstić information content (AvgIpc) is 3.03. The SMILES string of the molecule is O=C(NCc1cnn(-c2ccccc2)c1)c1ccccc1. The molecule has 1 N–H and O–H groups in total. The average molecular weight is 277 g/mol. The molecule has 0 saturated carbocycles. The van der Waals surface area contributed by atoms with Crippen molar-refractivity contribution >= 4 is 5.91 Å². The number of benzene rings is 2. The molecule has 21 heavy (non-hydrogen) atoms. The summed E-state index contributed by atoms with van der Waals surface area (Å²) in [5, 5.41) is 7.19. The molecule has 1 amide bonds. The lowest BCUT2D eigenvalue weighted by Gasteiger charge is -2.03. The van der Waals surface area contributed by atoms with E-state index in [1.807, 2.05) is 54.7 Å². The van der Waals surface area contributed by atoms with Crippen LogP contribution in [-0.2, 0) is 6.54 Å². The van der Waals surface area contributed by atoms with Crippen molar-refractivity contribution < 1.29 is 4.79 Å². The van der Waals surface area contributed by atoms with E-state index in [4.69, 9.17) is 0 Å². The molecular formula is C17H15N3O. The van der Waals surface area contributed by atoms with Crippen molar-refractivity contribution in [1.82, 2.24) is 15.1 Å². The first-order chi connectivity index (χ1) is 10.3. The summed E-state index contributed by atoms with van der Waals surface area (Å²) in [5.74, 6) is -0.0805. The summed E-state index contributed by atoms with van der Waals surface area (Å²) in [6, 6.07) is 19.0. The van der Waals surface area contributed by atoms with Gasteiger partial charge in [0.25, 0.3) is 5.91 Å². The zero-order valence-corrected chi connectivity index (χ0v) is 11.4. The van der Waals surface area contributed by atoms with Crippen molar-refractivity contribution in [2.45, 2.75) is 6.54 Å². The molecule has 0 aliphatic rings. The molecule has 1 aromatic heterocycles. The normalized spacial score (nSPS) is 10.3. The van der Waals surface area contributed by atoms with E-state index >= 15 is 0 Å². The molecule has 0 spiro atoms. The monoisotopic (exact) mass is 277 g/mol. The van der Waals surface area contributed by atoms with E-state index in [-0.39, 0.29) is 5.91 Å². The van der Waals surface area contributed by atoms with Crippen LogP contribution in [0.2, 0.25) is 0 Å². The van der Waals surface area contributed by atoms with E-state index in [1.54, 1.807) is 23.0 Å². The molecule has 4 nitrogen and oxygen atoms in total. The summed E-state index contributed by atoms with van der Waals surface area (Å²) in [7, 11) is 0. The molecular weight excluding hydrogens is 262 g/mol. The van der Waals surface area contributed by atoms with Gasteiger partial charge in [0.2, 0.25) is 0 Å². The fourth-order valence-electron chi connectivity index (χ4n) is 2.05. The van der Waals surface area contributed by atoms with E-state index < -0.39 is 0 Å². The van der Waals surface area contributed by atoms with Crippen LogP contribution >= 0.6 is 0 Å². The van der Waals surface area contributed by atoms with Crippen LogP contribution in [0.15, 0.2) is 73.1 Å². The van der Waals surface area contributed by atoms with Gasteiger partial charge in [-0.15, -0.1) is 0 Å². The molecule has 0 radical (unpaired) electrons. The van der Waals surface area contributed by atoms with Gasteiger partial charge in [0.15, 0.2) is 0 Å². The number of hydrogen-bond donors (Lipinski definition) is 1. The largest absolute Gasteiger partial charge is 0.348 e. The van der Waals surface area contributed by atoms with Gasteiger partial charge >= 0.3 is 0 Å². The summed E-state index contributed by atoms with van der Waals surface area (Å²) in [5.41, 5.74) is 2.62. The molecule has 0 unspecified atom stereocenters. The number of carbonyl (C=O) groups excluding carboxylic acids is 1. The van der Waals surface area contributed by atoms with Crippen LogP contribution in [0.25, 0.3) is 5.69 Å². The fourth-order valence-corrected chi connectivity index (χ4v) is 2.05. The summed E-state index contributed by atoms with van der Waals surface area (Å²) >= 11 is 0. The lowest BCUT2D eigenvalue weighted by atomic mass is 10.2. The zero-order valence-electron chi connectivity index (χ0n) is 11.4. The first-order valence-electron chi connectivity index (χ1n) is 6.75. The number of nitrogens with zero attached hydrogens (tertiary/aromatic N) is 2. The van der Waals surface area contributed by atoms with Crippen molar-refractivity contribution in [2.75, 3.05) is 0 Å². The van der Waals surface area contributed by atoms with Gasteiger partial charge in [0, 0.05) is 23.9 Å². The molecule has 0 aliphatic heterocycles. The minimum Gasteiger partial charge on any atom is -0.348 e. The molecule has 0 saturated heterocycles.